The van der Waals surface area contributed by atoms with Crippen LogP contribution in [0.4, 0.5) is 13.2 Å². The molecule has 37 heavy (non-hydrogen) atoms. The second-order valence-electron chi connectivity index (χ2n) is 9.29. The highest BCUT2D eigenvalue weighted by atomic mass is 19.3. The summed E-state index contributed by atoms with van der Waals surface area (Å²) in [6.07, 6.45) is 4.45. The molecule has 1 N–H and O–H groups in total. The highest BCUT2D eigenvalue weighted by Gasteiger charge is 2.29. The normalized spacial score (nSPS) is 12.1. The lowest BCUT2D eigenvalue weighted by Gasteiger charge is -2.11. The Morgan fingerprint density at radius 3 is 2.59 bits per heavy atom. The van der Waals surface area contributed by atoms with E-state index in [2.05, 4.69) is 24.9 Å². The summed E-state index contributed by atoms with van der Waals surface area (Å²) in [6, 6.07) is 7.98. The summed E-state index contributed by atoms with van der Waals surface area (Å²) in [5, 5.41) is 0. The average molecular weight is 508 g/mol. The highest BCUT2D eigenvalue weighted by molar-refractivity contribution is 5.73. The molecule has 5 aromatic rings. The van der Waals surface area contributed by atoms with Gasteiger partial charge in [0, 0.05) is 43.1 Å². The highest BCUT2D eigenvalue weighted by Crippen LogP contribution is 2.30. The molecule has 190 valence electrons. The van der Waals surface area contributed by atoms with Crippen LogP contribution in [0.2, 0.25) is 0 Å². The van der Waals surface area contributed by atoms with Crippen LogP contribution in [0.25, 0.3) is 33.9 Å². The molecule has 5 rings (SSSR count). The van der Waals surface area contributed by atoms with Crippen molar-refractivity contribution in [3.8, 4) is 22.8 Å². The summed E-state index contributed by atoms with van der Waals surface area (Å²) in [4.78, 5) is 32.9. The van der Waals surface area contributed by atoms with Crippen LogP contribution in [-0.2, 0) is 19.5 Å². The summed E-state index contributed by atoms with van der Waals surface area (Å²) in [5.41, 5.74) is 2.04. The number of aromatic nitrogens is 7. The second kappa shape index (κ2) is 8.99. The molecule has 0 radical (unpaired) electrons. The lowest BCUT2D eigenvalue weighted by Crippen LogP contribution is -2.18. The van der Waals surface area contributed by atoms with Gasteiger partial charge in [-0.3, -0.25) is 9.55 Å². The van der Waals surface area contributed by atoms with Crippen LogP contribution < -0.4 is 5.69 Å². The van der Waals surface area contributed by atoms with E-state index in [-0.39, 0.29) is 23.9 Å². The van der Waals surface area contributed by atoms with E-state index in [4.69, 9.17) is 0 Å². The third-order valence-electron chi connectivity index (χ3n) is 6.10. The monoisotopic (exact) mass is 507 g/mol. The Morgan fingerprint density at radius 1 is 1.14 bits per heavy atom. The van der Waals surface area contributed by atoms with Crippen LogP contribution in [-0.4, -0.2) is 34.1 Å². The number of imidazole rings is 2. The standard InChI is InChI=1S/C26H24F3N7O/c1-14(2)21-17(6-5-9-30-21)22-31-11-19-24(34-22)36(25(37)32-19)12-16-8-7-15(10-18(16)27)23-33-20(13-35(23)4)26(3,28)29/h5-11,13-14H,12H2,1-4H3,(H,32,37). The van der Waals surface area contributed by atoms with E-state index >= 15 is 4.39 Å². The molecule has 0 amide bonds. The largest absolute Gasteiger partial charge is 0.334 e. The van der Waals surface area contributed by atoms with E-state index in [0.717, 1.165) is 18.2 Å². The van der Waals surface area contributed by atoms with Gasteiger partial charge >= 0.3 is 5.69 Å². The fourth-order valence-electron chi connectivity index (χ4n) is 4.22. The molecule has 0 unspecified atom stereocenters. The zero-order valence-electron chi connectivity index (χ0n) is 20.6. The zero-order valence-corrected chi connectivity index (χ0v) is 20.6. The molecular formula is C26H24F3N7O. The summed E-state index contributed by atoms with van der Waals surface area (Å²) in [5.74, 6) is -2.96. The van der Waals surface area contributed by atoms with Crippen LogP contribution in [0, 0.1) is 5.82 Å². The van der Waals surface area contributed by atoms with Crippen molar-refractivity contribution in [1.82, 2.24) is 34.1 Å². The van der Waals surface area contributed by atoms with Gasteiger partial charge in [-0.25, -0.2) is 24.1 Å². The van der Waals surface area contributed by atoms with E-state index < -0.39 is 23.1 Å². The quantitative estimate of drug-likeness (QED) is 0.349. The number of nitrogens with zero attached hydrogens (tertiary/aromatic N) is 6. The number of halogens is 3. The first-order chi connectivity index (χ1) is 17.5. The van der Waals surface area contributed by atoms with Crippen molar-refractivity contribution in [3.63, 3.8) is 0 Å². The van der Waals surface area contributed by atoms with Gasteiger partial charge in [-0.1, -0.05) is 26.0 Å². The van der Waals surface area contributed by atoms with Crippen molar-refractivity contribution in [2.75, 3.05) is 0 Å². The lowest BCUT2D eigenvalue weighted by molar-refractivity contribution is 0.0131. The molecule has 0 fully saturated rings. The molecule has 8 nitrogen and oxygen atoms in total. The Kier molecular flexibility index (Phi) is 5.93. The molecule has 4 heterocycles. The number of hydrogen-bond donors (Lipinski definition) is 1. The lowest BCUT2D eigenvalue weighted by atomic mass is 10.0. The van der Waals surface area contributed by atoms with Crippen molar-refractivity contribution in [1.29, 1.82) is 0 Å². The van der Waals surface area contributed by atoms with Crippen molar-refractivity contribution in [2.24, 2.45) is 7.05 Å². The zero-order chi connectivity index (χ0) is 26.5. The molecule has 0 atom stereocenters. The number of benzene rings is 1. The maximum absolute atomic E-state index is 15.2. The van der Waals surface area contributed by atoms with E-state index in [0.29, 0.717) is 22.6 Å². The first kappa shape index (κ1) is 24.4. The van der Waals surface area contributed by atoms with Crippen molar-refractivity contribution < 1.29 is 13.2 Å². The van der Waals surface area contributed by atoms with E-state index in [1.165, 1.54) is 33.7 Å². The number of pyridine rings is 1. The minimum Gasteiger partial charge on any atom is -0.334 e. The number of hydrogen-bond acceptors (Lipinski definition) is 5. The van der Waals surface area contributed by atoms with Gasteiger partial charge in [-0.2, -0.15) is 8.78 Å². The number of alkyl halides is 2. The molecule has 11 heteroatoms. The van der Waals surface area contributed by atoms with Crippen molar-refractivity contribution in [3.05, 3.63) is 82.2 Å². The van der Waals surface area contributed by atoms with E-state index in [1.54, 1.807) is 25.4 Å². The summed E-state index contributed by atoms with van der Waals surface area (Å²) < 4.78 is 45.3. The summed E-state index contributed by atoms with van der Waals surface area (Å²) >= 11 is 0. The molecule has 0 aliphatic rings. The molecule has 0 aliphatic heterocycles. The Hall–Kier alpha value is -4.28. The van der Waals surface area contributed by atoms with Gasteiger partial charge in [0.2, 0.25) is 0 Å². The van der Waals surface area contributed by atoms with Gasteiger partial charge in [0.1, 0.15) is 22.9 Å². The second-order valence-corrected chi connectivity index (χ2v) is 9.29. The third kappa shape index (κ3) is 4.52. The first-order valence-corrected chi connectivity index (χ1v) is 11.6. The van der Waals surface area contributed by atoms with Crippen LogP contribution >= 0.6 is 0 Å². The van der Waals surface area contributed by atoms with Crippen LogP contribution in [0.1, 0.15) is 43.6 Å². The average Bonchev–Trinajstić information content (AvgIpc) is 3.39. The Morgan fingerprint density at radius 2 is 1.92 bits per heavy atom. The van der Waals surface area contributed by atoms with Gasteiger partial charge in [-0.05, 0) is 24.1 Å². The first-order valence-electron chi connectivity index (χ1n) is 11.6. The van der Waals surface area contributed by atoms with Gasteiger partial charge in [0.15, 0.2) is 11.5 Å². The maximum atomic E-state index is 15.2. The topological polar surface area (TPSA) is 94.3 Å². The molecule has 0 saturated carbocycles. The van der Waals surface area contributed by atoms with Crippen LogP contribution in [0.15, 0.2) is 53.7 Å². The van der Waals surface area contributed by atoms with E-state index in [1.807, 2.05) is 19.9 Å². The van der Waals surface area contributed by atoms with Gasteiger partial charge in [0.25, 0.3) is 5.92 Å². The molecule has 1 aromatic carbocycles. The number of aryl methyl sites for hydroxylation is 1. The van der Waals surface area contributed by atoms with Crippen molar-refractivity contribution >= 4 is 11.2 Å². The van der Waals surface area contributed by atoms with E-state index in [9.17, 15) is 13.6 Å². The minimum atomic E-state index is -3.11. The molecule has 4 aromatic heterocycles. The molecule has 0 bridgehead atoms. The Labute approximate surface area is 209 Å². The number of aromatic amines is 1. The smallest absolute Gasteiger partial charge is 0.328 e. The summed E-state index contributed by atoms with van der Waals surface area (Å²) in [6.45, 7) is 4.70. The Bertz CT molecular complexity index is 1680. The molecular weight excluding hydrogens is 483 g/mol. The number of nitrogens with one attached hydrogen (secondary N) is 1. The Balaban J connectivity index is 1.52. The fourth-order valence-corrected chi connectivity index (χ4v) is 4.22. The number of fused-ring (bicyclic) bond motifs is 1. The van der Waals surface area contributed by atoms with Crippen LogP contribution in [0.3, 0.4) is 0 Å². The predicted molar refractivity (Wildman–Crippen MR) is 133 cm³/mol. The predicted octanol–water partition coefficient (Wildman–Crippen LogP) is 5.00. The van der Waals surface area contributed by atoms with Crippen LogP contribution in [0.5, 0.6) is 0 Å². The van der Waals surface area contributed by atoms with Crippen molar-refractivity contribution in [2.45, 2.75) is 39.2 Å². The molecule has 0 aliphatic carbocycles. The maximum Gasteiger partial charge on any atom is 0.328 e. The summed E-state index contributed by atoms with van der Waals surface area (Å²) in [7, 11) is 1.57. The molecule has 0 spiro atoms. The molecule has 0 saturated heterocycles. The fraction of sp³-hybridized carbons (Fsp3) is 0.269. The van der Waals surface area contributed by atoms with Gasteiger partial charge < -0.3 is 9.55 Å². The minimum absolute atomic E-state index is 0.0929. The number of H-pyrrole nitrogens is 1. The SMILES string of the molecule is CC(C)c1ncccc1-c1ncc2[nH]c(=O)n(Cc3ccc(-c4nc(C(C)(F)F)cn4C)cc3F)c2n1. The third-order valence-corrected chi connectivity index (χ3v) is 6.10. The van der Waals surface area contributed by atoms with Gasteiger partial charge in [0.05, 0.1) is 18.4 Å². The van der Waals surface area contributed by atoms with Gasteiger partial charge in [-0.15, -0.1) is 0 Å². The number of rotatable bonds is 6.